The molecule has 0 radical (unpaired) electrons. The summed E-state index contributed by atoms with van der Waals surface area (Å²) in [6, 6.07) is 31.8. The molecule has 0 amide bonds. The lowest BCUT2D eigenvalue weighted by molar-refractivity contribution is 0.630. The molecule has 0 spiro atoms. The summed E-state index contributed by atoms with van der Waals surface area (Å²) in [5.41, 5.74) is 11.4. The van der Waals surface area contributed by atoms with E-state index in [1.807, 2.05) is 0 Å². The molecule has 0 atom stereocenters. The van der Waals surface area contributed by atoms with Gasteiger partial charge in [0.05, 0.1) is 0 Å². The number of hydrogen-bond donors (Lipinski definition) is 0. The van der Waals surface area contributed by atoms with Gasteiger partial charge >= 0.3 is 0 Å². The van der Waals surface area contributed by atoms with Crippen LogP contribution in [0, 0.1) is 10.4 Å². The van der Waals surface area contributed by atoms with Gasteiger partial charge < -0.3 is 0 Å². The summed E-state index contributed by atoms with van der Waals surface area (Å²) in [6.07, 6.45) is 14.1. The third-order valence-corrected chi connectivity index (χ3v) is 9.80. The van der Waals surface area contributed by atoms with Crippen molar-refractivity contribution in [2.45, 2.75) is 64.2 Å². The molecule has 0 saturated heterocycles. The third kappa shape index (κ3) is 3.88. The van der Waals surface area contributed by atoms with E-state index in [0.29, 0.717) is 0 Å². The maximum Gasteiger partial charge on any atom is 0.0152 e. The minimum absolute atomic E-state index is 0.0758. The summed E-state index contributed by atoms with van der Waals surface area (Å²) in [5, 5.41) is 5.64. The van der Waals surface area contributed by atoms with Crippen LogP contribution in [-0.4, -0.2) is 0 Å². The second kappa shape index (κ2) is 9.34. The molecule has 4 aromatic carbocycles. The van der Waals surface area contributed by atoms with Crippen LogP contribution >= 0.6 is 0 Å². The zero-order valence-electron chi connectivity index (χ0n) is 24.2. The Labute approximate surface area is 238 Å². The highest BCUT2D eigenvalue weighted by molar-refractivity contribution is 5.82. The van der Waals surface area contributed by atoms with Gasteiger partial charge in [0, 0.05) is 10.8 Å². The van der Waals surface area contributed by atoms with Gasteiger partial charge in [0.25, 0.3) is 0 Å². The van der Waals surface area contributed by atoms with E-state index >= 15 is 0 Å². The molecule has 3 aliphatic carbocycles. The highest BCUT2D eigenvalue weighted by atomic mass is 14.3. The van der Waals surface area contributed by atoms with Crippen molar-refractivity contribution in [3.05, 3.63) is 157 Å². The minimum atomic E-state index is -0.112. The largest absolute Gasteiger partial charge is 0.0801 e. The average molecular weight is 519 g/mol. The fourth-order valence-electron chi connectivity index (χ4n) is 6.99. The number of allylic oxidation sites excluding steroid dienone is 4. The number of benzene rings is 4. The van der Waals surface area contributed by atoms with Crippen LogP contribution in [0.4, 0.5) is 0 Å². The van der Waals surface area contributed by atoms with E-state index in [-0.39, 0.29) is 10.8 Å². The van der Waals surface area contributed by atoms with Crippen molar-refractivity contribution in [3.63, 3.8) is 0 Å². The van der Waals surface area contributed by atoms with E-state index in [1.165, 1.54) is 79.1 Å². The van der Waals surface area contributed by atoms with Crippen LogP contribution in [-0.2, 0) is 10.8 Å². The van der Waals surface area contributed by atoms with Crippen LogP contribution in [0.1, 0.15) is 86.8 Å². The fraction of sp³-hybridized carbons (Fsp3) is 0.250. The summed E-state index contributed by atoms with van der Waals surface area (Å²) < 4.78 is 0. The normalized spacial score (nSPS) is 15.8. The van der Waals surface area contributed by atoms with Gasteiger partial charge in [-0.2, -0.15) is 0 Å². The molecule has 0 N–H and O–H groups in total. The second-order valence-electron chi connectivity index (χ2n) is 12.8. The first kappa shape index (κ1) is 25.1. The lowest BCUT2D eigenvalue weighted by atomic mass is 9.72. The Bertz CT molecular complexity index is 1910. The quantitative estimate of drug-likeness (QED) is 0.219. The predicted molar refractivity (Wildman–Crippen MR) is 170 cm³/mol. The van der Waals surface area contributed by atoms with Crippen LogP contribution < -0.4 is 10.4 Å². The molecule has 0 nitrogen and oxygen atoms in total. The van der Waals surface area contributed by atoms with Crippen LogP contribution in [0.2, 0.25) is 0 Å². The monoisotopic (exact) mass is 518 g/mol. The fourth-order valence-corrected chi connectivity index (χ4v) is 6.99. The molecule has 0 bridgehead atoms. The first-order valence-electron chi connectivity index (χ1n) is 14.9. The Morgan fingerprint density at radius 2 is 1.32 bits per heavy atom. The van der Waals surface area contributed by atoms with E-state index in [1.54, 1.807) is 5.57 Å². The predicted octanol–water partition coefficient (Wildman–Crippen LogP) is 8.45. The van der Waals surface area contributed by atoms with Gasteiger partial charge in [0.15, 0.2) is 0 Å². The minimum Gasteiger partial charge on any atom is -0.0801 e. The Hall–Kier alpha value is -3.90. The second-order valence-corrected chi connectivity index (χ2v) is 12.8. The Kier molecular flexibility index (Phi) is 5.86. The topological polar surface area (TPSA) is 0 Å². The highest BCUT2D eigenvalue weighted by Gasteiger charge is 2.30. The molecule has 0 heterocycles. The van der Waals surface area contributed by atoms with E-state index < -0.39 is 0 Å². The molecule has 0 unspecified atom stereocenters. The molecule has 7 rings (SSSR count). The molecule has 0 aromatic heterocycles. The molecule has 40 heavy (non-hydrogen) atoms. The van der Waals surface area contributed by atoms with Crippen molar-refractivity contribution in [2.24, 2.45) is 0 Å². The summed E-state index contributed by atoms with van der Waals surface area (Å²) in [7, 11) is 0. The summed E-state index contributed by atoms with van der Waals surface area (Å²) in [6.45, 7) is 9.55. The van der Waals surface area contributed by atoms with Gasteiger partial charge in [-0.25, -0.2) is 0 Å². The lowest BCUT2D eigenvalue weighted by Crippen LogP contribution is -2.32. The van der Waals surface area contributed by atoms with Gasteiger partial charge in [0.2, 0.25) is 0 Å². The zero-order chi connectivity index (χ0) is 27.5. The molecular formula is C40H38. The summed E-state index contributed by atoms with van der Waals surface area (Å²) >= 11 is 0. The summed E-state index contributed by atoms with van der Waals surface area (Å²) in [5.74, 6) is 0. The molecule has 198 valence electrons. The van der Waals surface area contributed by atoms with Crippen LogP contribution in [0.5, 0.6) is 0 Å². The molecule has 0 heteroatoms. The zero-order valence-corrected chi connectivity index (χ0v) is 24.2. The third-order valence-electron chi connectivity index (χ3n) is 9.80. The molecule has 1 fully saturated rings. The van der Waals surface area contributed by atoms with Crippen molar-refractivity contribution in [3.8, 4) is 0 Å². The van der Waals surface area contributed by atoms with Gasteiger partial charge in [-0.15, -0.1) is 0 Å². The molecule has 3 aliphatic rings. The van der Waals surface area contributed by atoms with E-state index in [0.717, 1.165) is 6.42 Å². The van der Waals surface area contributed by atoms with E-state index in [2.05, 4.69) is 137 Å². The van der Waals surface area contributed by atoms with Gasteiger partial charge in [-0.05, 0) is 104 Å². The Morgan fingerprint density at radius 1 is 0.650 bits per heavy atom. The molecule has 0 aliphatic heterocycles. The van der Waals surface area contributed by atoms with E-state index in [4.69, 9.17) is 0 Å². The lowest BCUT2D eigenvalue weighted by Gasteiger charge is -2.31. The van der Waals surface area contributed by atoms with Crippen LogP contribution in [0.15, 0.2) is 103 Å². The number of hydrogen-bond acceptors (Lipinski definition) is 0. The maximum absolute atomic E-state index is 2.57. The average Bonchev–Trinajstić information content (AvgIpc) is 3.60. The van der Waals surface area contributed by atoms with Crippen molar-refractivity contribution in [1.82, 2.24) is 0 Å². The van der Waals surface area contributed by atoms with Crippen molar-refractivity contribution in [2.75, 3.05) is 0 Å². The van der Waals surface area contributed by atoms with Gasteiger partial charge in [-0.3, -0.25) is 0 Å². The molecule has 1 saturated carbocycles. The van der Waals surface area contributed by atoms with E-state index in [9.17, 15) is 0 Å². The van der Waals surface area contributed by atoms with Gasteiger partial charge in [0.1, 0.15) is 0 Å². The molecular weight excluding hydrogens is 480 g/mol. The summed E-state index contributed by atoms with van der Waals surface area (Å²) in [4.78, 5) is 0. The van der Waals surface area contributed by atoms with Crippen molar-refractivity contribution in [1.29, 1.82) is 0 Å². The number of fused-ring (bicyclic) bond motifs is 2. The Balaban J connectivity index is 1.59. The highest BCUT2D eigenvalue weighted by Crippen LogP contribution is 2.38. The van der Waals surface area contributed by atoms with Crippen molar-refractivity contribution >= 4 is 17.2 Å². The van der Waals surface area contributed by atoms with Gasteiger partial charge in [-0.1, -0.05) is 124 Å². The molecule has 4 aromatic rings. The maximum atomic E-state index is 2.57. The first-order chi connectivity index (χ1) is 19.4. The van der Waals surface area contributed by atoms with Crippen LogP contribution in [0.25, 0.3) is 17.2 Å². The van der Waals surface area contributed by atoms with Crippen LogP contribution in [0.3, 0.4) is 0 Å². The number of rotatable bonds is 5. The standard InChI is InChI=1S/C40H38/c1-39(2,30-18-7-5-8-19-30)32-23-22-29-24-35-34(33(29)25-32)26-36(40(3,4)31-20-9-6-10-21-31)38(28-16-13-17-28)37(35)27-14-11-12-15-27/h5-12,14,18-26H,13,15-17H2,1-4H3. The first-order valence-corrected chi connectivity index (χ1v) is 14.9. The Morgan fingerprint density at radius 3 is 1.93 bits per heavy atom. The smallest absolute Gasteiger partial charge is 0.0152 e. The van der Waals surface area contributed by atoms with Crippen molar-refractivity contribution < 1.29 is 0 Å². The SMILES string of the molecule is CC(C)(c1ccccc1)c1ccc2c(c1)=c1cc(C(C)(C)c3ccccc3)c(=C3CCC3)c(C3=CC=CC3)c1C=2.